The maximum absolute atomic E-state index is 13.6. The molecule has 2 amide bonds. The Morgan fingerprint density at radius 3 is 2.39 bits per heavy atom. The first kappa shape index (κ1) is 20.1. The van der Waals surface area contributed by atoms with Crippen molar-refractivity contribution < 1.29 is 19.5 Å². The second-order valence-electron chi connectivity index (χ2n) is 7.32. The SMILES string of the molecule is O=C1[C@@H]2[C@@H](c3cc(Br)ccc3O)N(c3ccccc3)O[C@H]2C(=O)N1c1ccccc1Cl. The van der Waals surface area contributed by atoms with Crippen molar-refractivity contribution in [2.24, 2.45) is 5.92 Å². The summed E-state index contributed by atoms with van der Waals surface area (Å²) in [5.74, 6) is -1.76. The summed E-state index contributed by atoms with van der Waals surface area (Å²) in [6, 6.07) is 20.1. The van der Waals surface area contributed by atoms with Gasteiger partial charge in [0.1, 0.15) is 11.7 Å². The number of amides is 2. The van der Waals surface area contributed by atoms with E-state index in [1.807, 2.05) is 30.3 Å². The molecule has 3 aromatic rings. The number of halogens is 2. The molecule has 0 aliphatic carbocycles. The van der Waals surface area contributed by atoms with Gasteiger partial charge in [-0.1, -0.05) is 57.9 Å². The number of hydroxylamine groups is 1. The minimum absolute atomic E-state index is 0.00910. The van der Waals surface area contributed by atoms with Crippen LogP contribution in [-0.4, -0.2) is 23.0 Å². The van der Waals surface area contributed by atoms with Gasteiger partial charge in [-0.25, -0.2) is 9.96 Å². The number of phenols is 1. The molecule has 2 fully saturated rings. The van der Waals surface area contributed by atoms with E-state index in [9.17, 15) is 14.7 Å². The highest BCUT2D eigenvalue weighted by Crippen LogP contribution is 2.50. The number of hydrogen-bond donors (Lipinski definition) is 1. The average Bonchev–Trinajstić information content (AvgIpc) is 3.27. The van der Waals surface area contributed by atoms with Crippen LogP contribution in [0.2, 0.25) is 5.02 Å². The first-order valence-electron chi connectivity index (χ1n) is 9.59. The number of para-hydroxylation sites is 2. The number of carbonyl (C=O) groups excluding carboxylic acids is 2. The number of nitrogens with zero attached hydrogens (tertiary/aromatic N) is 2. The molecule has 1 N–H and O–H groups in total. The van der Waals surface area contributed by atoms with Gasteiger partial charge in [0, 0.05) is 10.0 Å². The Labute approximate surface area is 191 Å². The van der Waals surface area contributed by atoms with E-state index in [2.05, 4.69) is 15.9 Å². The molecule has 2 aliphatic rings. The Morgan fingerprint density at radius 2 is 1.65 bits per heavy atom. The Morgan fingerprint density at radius 1 is 0.935 bits per heavy atom. The van der Waals surface area contributed by atoms with Crippen LogP contribution in [0.5, 0.6) is 5.75 Å². The third kappa shape index (κ3) is 3.20. The van der Waals surface area contributed by atoms with Crippen LogP contribution in [0.25, 0.3) is 0 Å². The zero-order chi connectivity index (χ0) is 21.7. The molecule has 0 unspecified atom stereocenters. The van der Waals surface area contributed by atoms with Crippen molar-refractivity contribution in [3.05, 3.63) is 87.9 Å². The van der Waals surface area contributed by atoms with E-state index in [1.165, 1.54) is 5.06 Å². The minimum Gasteiger partial charge on any atom is -0.508 e. The number of phenolic OH excluding ortho intramolecular Hbond substituents is 1. The second kappa shape index (κ2) is 7.67. The normalized spacial score (nSPS) is 22.8. The van der Waals surface area contributed by atoms with Crippen LogP contribution in [0.4, 0.5) is 11.4 Å². The van der Waals surface area contributed by atoms with Crippen LogP contribution in [0, 0.1) is 5.92 Å². The summed E-state index contributed by atoms with van der Waals surface area (Å²) in [6.07, 6.45) is -1.03. The third-order valence-electron chi connectivity index (χ3n) is 5.53. The van der Waals surface area contributed by atoms with E-state index in [4.69, 9.17) is 16.4 Å². The number of rotatable bonds is 3. The lowest BCUT2D eigenvalue weighted by molar-refractivity contribution is -0.126. The lowest BCUT2D eigenvalue weighted by Gasteiger charge is -2.29. The topological polar surface area (TPSA) is 70.1 Å². The fourth-order valence-electron chi connectivity index (χ4n) is 4.16. The third-order valence-corrected chi connectivity index (χ3v) is 6.34. The summed E-state index contributed by atoms with van der Waals surface area (Å²) >= 11 is 9.70. The van der Waals surface area contributed by atoms with E-state index in [0.717, 1.165) is 9.37 Å². The zero-order valence-electron chi connectivity index (χ0n) is 16.0. The van der Waals surface area contributed by atoms with Crippen molar-refractivity contribution in [2.45, 2.75) is 12.1 Å². The maximum atomic E-state index is 13.6. The van der Waals surface area contributed by atoms with Crippen LogP contribution >= 0.6 is 27.5 Å². The van der Waals surface area contributed by atoms with Crippen molar-refractivity contribution >= 4 is 50.7 Å². The summed E-state index contributed by atoms with van der Waals surface area (Å²) in [5, 5.41) is 12.5. The van der Waals surface area contributed by atoms with E-state index >= 15 is 0 Å². The van der Waals surface area contributed by atoms with Gasteiger partial charge in [-0.2, -0.15) is 0 Å². The number of fused-ring (bicyclic) bond motifs is 1. The average molecular weight is 500 g/mol. The number of hydrogen-bond acceptors (Lipinski definition) is 5. The van der Waals surface area contributed by atoms with Gasteiger partial charge in [-0.15, -0.1) is 0 Å². The van der Waals surface area contributed by atoms with Gasteiger partial charge < -0.3 is 5.11 Å². The molecule has 0 radical (unpaired) electrons. The van der Waals surface area contributed by atoms with Crippen LogP contribution < -0.4 is 9.96 Å². The smallest absolute Gasteiger partial charge is 0.266 e. The van der Waals surface area contributed by atoms with Gasteiger partial charge in [0.2, 0.25) is 5.91 Å². The van der Waals surface area contributed by atoms with Crippen LogP contribution in [0.1, 0.15) is 11.6 Å². The lowest BCUT2D eigenvalue weighted by Crippen LogP contribution is -2.37. The highest BCUT2D eigenvalue weighted by molar-refractivity contribution is 9.10. The number of benzene rings is 3. The first-order valence-corrected chi connectivity index (χ1v) is 10.8. The minimum atomic E-state index is -1.03. The highest BCUT2D eigenvalue weighted by atomic mass is 79.9. The first-order chi connectivity index (χ1) is 15.0. The van der Waals surface area contributed by atoms with Crippen molar-refractivity contribution in [3.8, 4) is 5.75 Å². The molecule has 2 saturated heterocycles. The second-order valence-corrected chi connectivity index (χ2v) is 8.65. The maximum Gasteiger partial charge on any atom is 0.266 e. The lowest BCUT2D eigenvalue weighted by atomic mass is 9.90. The quantitative estimate of drug-likeness (QED) is 0.521. The van der Waals surface area contributed by atoms with Crippen molar-refractivity contribution in [1.82, 2.24) is 0 Å². The largest absolute Gasteiger partial charge is 0.508 e. The van der Waals surface area contributed by atoms with Crippen LogP contribution in [-0.2, 0) is 14.4 Å². The molecule has 156 valence electrons. The Hall–Kier alpha value is -2.87. The van der Waals surface area contributed by atoms with Crippen LogP contribution in [0.3, 0.4) is 0 Å². The fraction of sp³-hybridized carbons (Fsp3) is 0.130. The zero-order valence-corrected chi connectivity index (χ0v) is 18.3. The van der Waals surface area contributed by atoms with Gasteiger partial charge in [-0.3, -0.25) is 14.4 Å². The molecule has 3 atom stereocenters. The van der Waals surface area contributed by atoms with Gasteiger partial charge in [0.25, 0.3) is 5.91 Å². The molecule has 3 aromatic carbocycles. The summed E-state index contributed by atoms with van der Waals surface area (Å²) in [4.78, 5) is 34.0. The fourth-order valence-corrected chi connectivity index (χ4v) is 4.76. The molecular weight excluding hydrogens is 484 g/mol. The summed E-state index contributed by atoms with van der Waals surface area (Å²) < 4.78 is 0.733. The molecule has 0 saturated carbocycles. The van der Waals surface area contributed by atoms with E-state index in [1.54, 1.807) is 42.5 Å². The van der Waals surface area contributed by atoms with Crippen molar-refractivity contribution in [1.29, 1.82) is 0 Å². The monoisotopic (exact) mass is 498 g/mol. The van der Waals surface area contributed by atoms with Gasteiger partial charge >= 0.3 is 0 Å². The molecular formula is C23H16BrClN2O4. The molecule has 2 heterocycles. The summed E-state index contributed by atoms with van der Waals surface area (Å²) in [7, 11) is 0. The standard InChI is InChI=1S/C23H16BrClN2O4/c24-13-10-11-18(28)15(12-13)20-19-21(31-27(20)14-6-2-1-3-7-14)23(30)26(22(19)29)17-9-5-4-8-16(17)25/h1-12,19-21,28H/t19-,20-,21-/m1/s1. The molecule has 0 aromatic heterocycles. The Kier molecular flexibility index (Phi) is 4.97. The molecule has 5 rings (SSSR count). The van der Waals surface area contributed by atoms with E-state index in [-0.39, 0.29) is 5.75 Å². The number of aromatic hydroxyl groups is 1. The molecule has 6 nitrogen and oxygen atoms in total. The van der Waals surface area contributed by atoms with Crippen LogP contribution in [0.15, 0.2) is 77.3 Å². The molecule has 0 bridgehead atoms. The van der Waals surface area contributed by atoms with Crippen molar-refractivity contribution in [2.75, 3.05) is 9.96 Å². The molecule has 2 aliphatic heterocycles. The molecule has 31 heavy (non-hydrogen) atoms. The van der Waals surface area contributed by atoms with E-state index in [0.29, 0.717) is 22.0 Å². The summed E-state index contributed by atoms with van der Waals surface area (Å²) in [5.41, 5.74) is 1.47. The Balaban J connectivity index is 1.64. The predicted octanol–water partition coefficient (Wildman–Crippen LogP) is 4.86. The molecule has 8 heteroatoms. The van der Waals surface area contributed by atoms with Gasteiger partial charge in [-0.05, 0) is 42.5 Å². The number of carbonyl (C=O) groups is 2. The molecule has 0 spiro atoms. The van der Waals surface area contributed by atoms with Gasteiger partial charge in [0.15, 0.2) is 6.10 Å². The number of imide groups is 1. The Bertz CT molecular complexity index is 1190. The highest BCUT2D eigenvalue weighted by Gasteiger charge is 2.61. The predicted molar refractivity (Wildman–Crippen MR) is 120 cm³/mol. The van der Waals surface area contributed by atoms with E-state index < -0.39 is 29.9 Å². The summed E-state index contributed by atoms with van der Waals surface area (Å²) in [6.45, 7) is 0. The number of anilines is 2. The van der Waals surface area contributed by atoms with Crippen molar-refractivity contribution in [3.63, 3.8) is 0 Å². The van der Waals surface area contributed by atoms with Gasteiger partial charge in [0.05, 0.1) is 22.4 Å².